The van der Waals surface area contributed by atoms with E-state index in [2.05, 4.69) is 5.32 Å². The molecule has 1 aliphatic heterocycles. The van der Waals surface area contributed by atoms with Gasteiger partial charge in [0.05, 0.1) is 6.10 Å². The number of rotatable bonds is 7. The second kappa shape index (κ2) is 11.1. The van der Waals surface area contributed by atoms with Crippen molar-refractivity contribution >= 4 is 17.9 Å². The van der Waals surface area contributed by atoms with Crippen LogP contribution in [0.15, 0.2) is 54.6 Å². The van der Waals surface area contributed by atoms with Crippen LogP contribution in [0.5, 0.6) is 5.75 Å². The number of amides is 2. The van der Waals surface area contributed by atoms with Crippen LogP contribution >= 0.6 is 0 Å². The summed E-state index contributed by atoms with van der Waals surface area (Å²) >= 11 is 0. The van der Waals surface area contributed by atoms with Crippen molar-refractivity contribution in [2.45, 2.75) is 63.6 Å². The topological polar surface area (TPSA) is 58.6 Å². The van der Waals surface area contributed by atoms with Crippen LogP contribution < -0.4 is 10.1 Å². The fourth-order valence-corrected chi connectivity index (χ4v) is 4.55. The number of hydrogen-bond donors (Lipinski definition) is 1. The smallest absolute Gasteiger partial charge is 0.247 e. The van der Waals surface area contributed by atoms with Gasteiger partial charge in [-0.1, -0.05) is 24.3 Å². The molecule has 33 heavy (non-hydrogen) atoms. The number of ether oxygens (including phenoxy) is 1. The van der Waals surface area contributed by atoms with E-state index in [1.165, 1.54) is 31.1 Å². The highest BCUT2D eigenvalue weighted by Gasteiger charge is 2.30. The first kappa shape index (κ1) is 23.0. The zero-order valence-electron chi connectivity index (χ0n) is 18.8. The molecule has 1 atom stereocenters. The van der Waals surface area contributed by atoms with Crippen molar-refractivity contribution in [1.82, 2.24) is 10.2 Å². The lowest BCUT2D eigenvalue weighted by Gasteiger charge is -2.29. The largest absolute Gasteiger partial charge is 0.490 e. The van der Waals surface area contributed by atoms with Crippen LogP contribution in [0.25, 0.3) is 6.08 Å². The van der Waals surface area contributed by atoms with E-state index in [0.29, 0.717) is 25.1 Å². The number of halogens is 1. The molecular formula is C27H31FN2O3. The molecule has 2 aromatic rings. The highest BCUT2D eigenvalue weighted by atomic mass is 19.1. The van der Waals surface area contributed by atoms with Crippen LogP contribution in [0, 0.1) is 5.82 Å². The van der Waals surface area contributed by atoms with Gasteiger partial charge in [-0.05, 0) is 86.4 Å². The first-order chi connectivity index (χ1) is 16.1. The maximum atomic E-state index is 13.5. The average Bonchev–Trinajstić information content (AvgIpc) is 3.22. The Balaban J connectivity index is 1.54. The molecule has 174 valence electrons. The molecule has 0 bridgehead atoms. The van der Waals surface area contributed by atoms with Gasteiger partial charge in [-0.3, -0.25) is 9.59 Å². The fraction of sp³-hybridized carbons (Fsp3) is 0.407. The molecule has 2 fully saturated rings. The molecule has 0 spiro atoms. The van der Waals surface area contributed by atoms with Crippen molar-refractivity contribution in [3.8, 4) is 5.75 Å². The van der Waals surface area contributed by atoms with Gasteiger partial charge >= 0.3 is 0 Å². The second-order valence-electron chi connectivity index (χ2n) is 8.83. The van der Waals surface area contributed by atoms with Crippen molar-refractivity contribution in [3.05, 3.63) is 71.6 Å². The van der Waals surface area contributed by atoms with E-state index < -0.39 is 6.04 Å². The lowest BCUT2D eigenvalue weighted by molar-refractivity contribution is -0.137. The molecule has 0 unspecified atom stereocenters. The van der Waals surface area contributed by atoms with E-state index in [-0.39, 0.29) is 23.7 Å². The monoisotopic (exact) mass is 450 g/mol. The molecule has 0 radical (unpaired) electrons. The number of carbonyl (C=O) groups is 2. The first-order valence-corrected chi connectivity index (χ1v) is 11.9. The molecule has 1 heterocycles. The number of hydrogen-bond acceptors (Lipinski definition) is 3. The van der Waals surface area contributed by atoms with Gasteiger partial charge in [0, 0.05) is 19.2 Å². The lowest BCUT2D eigenvalue weighted by Crippen LogP contribution is -2.47. The Morgan fingerprint density at radius 1 is 1.06 bits per heavy atom. The summed E-state index contributed by atoms with van der Waals surface area (Å²) in [6.45, 7) is 0.924. The molecule has 2 amide bonds. The maximum Gasteiger partial charge on any atom is 0.247 e. The van der Waals surface area contributed by atoms with Crippen molar-refractivity contribution in [2.24, 2.45) is 0 Å². The molecule has 4 rings (SSSR count). The van der Waals surface area contributed by atoms with Gasteiger partial charge in [0.2, 0.25) is 11.8 Å². The standard InChI is InChI=1S/C27H31FN2O3/c28-22-9-5-7-20(17-22)14-15-26(31)30(25-13-3-4-16-29-27(25)32)19-21-8-6-12-24(18-21)33-23-10-1-2-11-23/h5-9,12,14-15,17-18,23,25H,1-4,10-11,13,16,19H2,(H,29,32)/t25-/m0/s1. The highest BCUT2D eigenvalue weighted by molar-refractivity contribution is 5.95. The van der Waals surface area contributed by atoms with Crippen molar-refractivity contribution < 1.29 is 18.7 Å². The van der Waals surface area contributed by atoms with E-state index >= 15 is 0 Å². The molecule has 2 aliphatic rings. The summed E-state index contributed by atoms with van der Waals surface area (Å²) in [6.07, 6.45) is 10.2. The predicted octanol–water partition coefficient (Wildman–Crippen LogP) is 4.86. The summed E-state index contributed by atoms with van der Waals surface area (Å²) in [7, 11) is 0. The first-order valence-electron chi connectivity index (χ1n) is 11.9. The third-order valence-corrected chi connectivity index (χ3v) is 6.29. The van der Waals surface area contributed by atoms with Crippen LogP contribution in [-0.2, 0) is 16.1 Å². The summed E-state index contributed by atoms with van der Waals surface area (Å²) in [4.78, 5) is 27.6. The minimum absolute atomic E-state index is 0.127. The molecular weight excluding hydrogens is 419 g/mol. The average molecular weight is 451 g/mol. The van der Waals surface area contributed by atoms with E-state index in [1.807, 2.05) is 24.3 Å². The third-order valence-electron chi connectivity index (χ3n) is 6.29. The predicted molar refractivity (Wildman–Crippen MR) is 126 cm³/mol. The van der Waals surface area contributed by atoms with Gasteiger partial charge in [0.1, 0.15) is 17.6 Å². The van der Waals surface area contributed by atoms with Gasteiger partial charge in [0.25, 0.3) is 0 Å². The molecule has 2 aromatic carbocycles. The normalized spacial score (nSPS) is 19.3. The quantitative estimate of drug-likeness (QED) is 0.613. The number of benzene rings is 2. The van der Waals surface area contributed by atoms with E-state index in [4.69, 9.17) is 4.74 Å². The van der Waals surface area contributed by atoms with Crippen LogP contribution in [-0.4, -0.2) is 35.4 Å². The minimum Gasteiger partial charge on any atom is -0.490 e. The zero-order valence-corrected chi connectivity index (χ0v) is 18.8. The summed E-state index contributed by atoms with van der Waals surface area (Å²) in [6, 6.07) is 13.3. The Morgan fingerprint density at radius 3 is 2.67 bits per heavy atom. The zero-order chi connectivity index (χ0) is 23.0. The molecule has 1 saturated carbocycles. The Morgan fingerprint density at radius 2 is 1.85 bits per heavy atom. The summed E-state index contributed by atoms with van der Waals surface area (Å²) < 4.78 is 19.6. The fourth-order valence-electron chi connectivity index (χ4n) is 4.55. The molecule has 0 aromatic heterocycles. The molecule has 1 aliphatic carbocycles. The van der Waals surface area contributed by atoms with Gasteiger partial charge in [-0.25, -0.2) is 4.39 Å². The van der Waals surface area contributed by atoms with Gasteiger partial charge in [-0.2, -0.15) is 0 Å². The minimum atomic E-state index is -0.545. The van der Waals surface area contributed by atoms with E-state index in [0.717, 1.165) is 37.0 Å². The Labute approximate surface area is 194 Å². The molecule has 1 N–H and O–H groups in total. The Kier molecular flexibility index (Phi) is 7.76. The Hall–Kier alpha value is -3.15. The molecule has 6 heteroatoms. The van der Waals surface area contributed by atoms with Crippen LogP contribution in [0.3, 0.4) is 0 Å². The number of nitrogens with zero attached hydrogens (tertiary/aromatic N) is 1. The maximum absolute atomic E-state index is 13.5. The lowest BCUT2D eigenvalue weighted by atomic mass is 10.1. The molecule has 1 saturated heterocycles. The second-order valence-corrected chi connectivity index (χ2v) is 8.83. The third kappa shape index (κ3) is 6.44. The van der Waals surface area contributed by atoms with Crippen LogP contribution in [0.1, 0.15) is 56.1 Å². The number of carbonyl (C=O) groups excluding carboxylic acids is 2. The van der Waals surface area contributed by atoms with Crippen molar-refractivity contribution in [3.63, 3.8) is 0 Å². The van der Waals surface area contributed by atoms with Crippen molar-refractivity contribution in [1.29, 1.82) is 0 Å². The summed E-state index contributed by atoms with van der Waals surface area (Å²) in [5, 5.41) is 2.93. The van der Waals surface area contributed by atoms with E-state index in [9.17, 15) is 14.0 Å². The van der Waals surface area contributed by atoms with Gasteiger partial charge in [0.15, 0.2) is 0 Å². The van der Waals surface area contributed by atoms with Crippen LogP contribution in [0.2, 0.25) is 0 Å². The Bertz CT molecular complexity index is 1000. The summed E-state index contributed by atoms with van der Waals surface area (Å²) in [5.74, 6) is 0.0397. The summed E-state index contributed by atoms with van der Waals surface area (Å²) in [5.41, 5.74) is 1.51. The van der Waals surface area contributed by atoms with E-state index in [1.54, 1.807) is 23.1 Å². The van der Waals surface area contributed by atoms with Gasteiger partial charge in [-0.15, -0.1) is 0 Å². The SMILES string of the molecule is O=C1NCCCC[C@@H]1N(Cc1cccc(OC2CCCC2)c1)C(=O)C=Cc1cccc(F)c1. The molecule has 5 nitrogen and oxygen atoms in total. The highest BCUT2D eigenvalue weighted by Crippen LogP contribution is 2.26. The van der Waals surface area contributed by atoms with Gasteiger partial charge < -0.3 is 15.0 Å². The van der Waals surface area contributed by atoms with Crippen molar-refractivity contribution in [2.75, 3.05) is 6.54 Å². The number of nitrogens with one attached hydrogen (secondary N) is 1. The van der Waals surface area contributed by atoms with Crippen LogP contribution in [0.4, 0.5) is 4.39 Å².